The van der Waals surface area contributed by atoms with Crippen molar-refractivity contribution in [3.8, 4) is 0 Å². The highest BCUT2D eigenvalue weighted by atomic mass is 16.4. The first kappa shape index (κ1) is 17.2. The third-order valence-electron chi connectivity index (χ3n) is 2.34. The van der Waals surface area contributed by atoms with Crippen molar-refractivity contribution in [2.75, 3.05) is 19.6 Å². The summed E-state index contributed by atoms with van der Waals surface area (Å²) < 4.78 is 0. The number of carbonyl (C=O) groups is 3. The quantitative estimate of drug-likeness (QED) is 0.588. The van der Waals surface area contributed by atoms with Crippen LogP contribution in [-0.4, -0.2) is 47.5 Å². The molecule has 0 saturated carbocycles. The molecular weight excluding hydrogens is 250 g/mol. The van der Waals surface area contributed by atoms with Gasteiger partial charge in [-0.05, 0) is 11.8 Å². The fourth-order valence-corrected chi connectivity index (χ4v) is 1.59. The molecular formula is C12H23N3O4. The molecule has 1 atom stereocenters. The molecule has 0 rings (SSSR count). The third kappa shape index (κ3) is 8.87. The summed E-state index contributed by atoms with van der Waals surface area (Å²) in [5.74, 6) is -1.44. The number of carbonyl (C=O) groups excluding carboxylic acids is 2. The van der Waals surface area contributed by atoms with E-state index in [0.717, 1.165) is 0 Å². The van der Waals surface area contributed by atoms with Gasteiger partial charge in [-0.25, -0.2) is 4.79 Å². The number of rotatable bonds is 8. The van der Waals surface area contributed by atoms with Crippen molar-refractivity contribution in [3.05, 3.63) is 0 Å². The number of carboxylic acid groups (broad SMARTS) is 1. The first-order valence-corrected chi connectivity index (χ1v) is 6.25. The van der Waals surface area contributed by atoms with Gasteiger partial charge in [-0.3, -0.25) is 9.59 Å². The number of aliphatic carboxylic acids is 1. The SMILES string of the molecule is CC(C)CN(CC(N)=O)C(=O)NCC(C)CC(=O)O. The average Bonchev–Trinajstić information content (AvgIpc) is 2.22. The van der Waals surface area contributed by atoms with Gasteiger partial charge < -0.3 is 21.1 Å². The number of hydrogen-bond acceptors (Lipinski definition) is 3. The van der Waals surface area contributed by atoms with E-state index in [0.29, 0.717) is 6.54 Å². The molecule has 0 spiro atoms. The fraction of sp³-hybridized carbons (Fsp3) is 0.750. The first-order chi connectivity index (χ1) is 8.72. The lowest BCUT2D eigenvalue weighted by Crippen LogP contribution is -2.46. The lowest BCUT2D eigenvalue weighted by Gasteiger charge is -2.24. The predicted molar refractivity (Wildman–Crippen MR) is 70.4 cm³/mol. The van der Waals surface area contributed by atoms with E-state index in [1.54, 1.807) is 6.92 Å². The second kappa shape index (κ2) is 8.34. The standard InChI is InChI=1S/C12H23N3O4/c1-8(2)6-15(7-10(13)16)12(19)14-5-9(3)4-11(17)18/h8-9H,4-7H2,1-3H3,(H2,13,16)(H,14,19)(H,17,18). The van der Waals surface area contributed by atoms with Crippen molar-refractivity contribution in [3.63, 3.8) is 0 Å². The highest BCUT2D eigenvalue weighted by Gasteiger charge is 2.17. The van der Waals surface area contributed by atoms with Crippen LogP contribution < -0.4 is 11.1 Å². The molecule has 3 amide bonds. The normalized spacial score (nSPS) is 12.0. The first-order valence-electron chi connectivity index (χ1n) is 6.25. The average molecular weight is 273 g/mol. The zero-order valence-corrected chi connectivity index (χ0v) is 11.7. The molecule has 0 bridgehead atoms. The molecule has 0 radical (unpaired) electrons. The van der Waals surface area contributed by atoms with Crippen LogP contribution in [0.2, 0.25) is 0 Å². The Morgan fingerprint density at radius 3 is 2.26 bits per heavy atom. The molecule has 0 aliphatic carbocycles. The molecule has 7 heteroatoms. The summed E-state index contributed by atoms with van der Waals surface area (Å²) in [7, 11) is 0. The van der Waals surface area contributed by atoms with Crippen LogP contribution in [0.25, 0.3) is 0 Å². The van der Waals surface area contributed by atoms with Crippen molar-refractivity contribution >= 4 is 17.9 Å². The van der Waals surface area contributed by atoms with Gasteiger partial charge >= 0.3 is 12.0 Å². The van der Waals surface area contributed by atoms with E-state index in [-0.39, 0.29) is 31.3 Å². The summed E-state index contributed by atoms with van der Waals surface area (Å²) >= 11 is 0. The van der Waals surface area contributed by atoms with E-state index in [4.69, 9.17) is 10.8 Å². The van der Waals surface area contributed by atoms with E-state index < -0.39 is 17.9 Å². The topological polar surface area (TPSA) is 113 Å². The molecule has 0 aromatic carbocycles. The summed E-state index contributed by atoms with van der Waals surface area (Å²) in [6.07, 6.45) is -0.0136. The lowest BCUT2D eigenvalue weighted by molar-refractivity contribution is -0.137. The van der Waals surface area contributed by atoms with Crippen molar-refractivity contribution in [1.82, 2.24) is 10.2 Å². The Bertz CT molecular complexity index is 331. The van der Waals surface area contributed by atoms with Gasteiger partial charge in [0.1, 0.15) is 6.54 Å². The smallest absolute Gasteiger partial charge is 0.317 e. The summed E-state index contributed by atoms with van der Waals surface area (Å²) in [4.78, 5) is 34.6. The molecule has 4 N–H and O–H groups in total. The number of nitrogens with two attached hydrogens (primary N) is 1. The van der Waals surface area contributed by atoms with E-state index in [1.807, 2.05) is 13.8 Å². The van der Waals surface area contributed by atoms with Gasteiger partial charge in [-0.15, -0.1) is 0 Å². The highest BCUT2D eigenvalue weighted by Crippen LogP contribution is 2.02. The zero-order valence-electron chi connectivity index (χ0n) is 11.7. The van der Waals surface area contributed by atoms with E-state index in [2.05, 4.69) is 5.32 Å². The van der Waals surface area contributed by atoms with Crippen molar-refractivity contribution in [2.45, 2.75) is 27.2 Å². The Morgan fingerprint density at radius 1 is 1.26 bits per heavy atom. The van der Waals surface area contributed by atoms with Gasteiger partial charge in [0.15, 0.2) is 0 Å². The monoisotopic (exact) mass is 273 g/mol. The summed E-state index contributed by atoms with van der Waals surface area (Å²) in [6, 6.07) is -0.398. The Hall–Kier alpha value is -1.79. The molecule has 0 saturated heterocycles. The molecule has 0 heterocycles. The Balaban J connectivity index is 4.30. The molecule has 0 aliphatic rings. The van der Waals surface area contributed by atoms with Crippen LogP contribution >= 0.6 is 0 Å². The summed E-state index contributed by atoms with van der Waals surface area (Å²) in [5, 5.41) is 11.2. The number of nitrogens with one attached hydrogen (secondary N) is 1. The van der Waals surface area contributed by atoms with Gasteiger partial charge in [0.05, 0.1) is 0 Å². The number of amides is 3. The number of urea groups is 1. The summed E-state index contributed by atoms with van der Waals surface area (Å²) in [6.45, 7) is 6.11. The number of hydrogen-bond donors (Lipinski definition) is 3. The van der Waals surface area contributed by atoms with Crippen LogP contribution in [0.15, 0.2) is 0 Å². The van der Waals surface area contributed by atoms with Crippen LogP contribution in [0.5, 0.6) is 0 Å². The predicted octanol–water partition coefficient (Wildman–Crippen LogP) is 0.250. The minimum atomic E-state index is -0.905. The molecule has 0 fully saturated rings. The van der Waals surface area contributed by atoms with E-state index in [1.165, 1.54) is 4.90 Å². The minimum Gasteiger partial charge on any atom is -0.481 e. The number of carboxylic acids is 1. The lowest BCUT2D eigenvalue weighted by atomic mass is 10.1. The molecule has 0 aromatic heterocycles. The molecule has 0 aromatic rings. The molecule has 110 valence electrons. The van der Waals surface area contributed by atoms with Gasteiger partial charge in [0.2, 0.25) is 5.91 Å². The largest absolute Gasteiger partial charge is 0.481 e. The maximum absolute atomic E-state index is 11.9. The van der Waals surface area contributed by atoms with Gasteiger partial charge in [-0.2, -0.15) is 0 Å². The second-order valence-corrected chi connectivity index (χ2v) is 5.13. The third-order valence-corrected chi connectivity index (χ3v) is 2.34. The van der Waals surface area contributed by atoms with Crippen LogP contribution in [0.1, 0.15) is 27.2 Å². The van der Waals surface area contributed by atoms with E-state index in [9.17, 15) is 14.4 Å². The van der Waals surface area contributed by atoms with Crippen molar-refractivity contribution in [1.29, 1.82) is 0 Å². The molecule has 19 heavy (non-hydrogen) atoms. The van der Waals surface area contributed by atoms with Crippen LogP contribution in [-0.2, 0) is 9.59 Å². The Labute approximate surface area is 113 Å². The summed E-state index contributed by atoms with van der Waals surface area (Å²) in [5.41, 5.74) is 5.09. The van der Waals surface area contributed by atoms with Crippen LogP contribution in [0.3, 0.4) is 0 Å². The number of primary amides is 1. The maximum Gasteiger partial charge on any atom is 0.317 e. The molecule has 1 unspecified atom stereocenters. The van der Waals surface area contributed by atoms with Crippen molar-refractivity contribution < 1.29 is 19.5 Å². The second-order valence-electron chi connectivity index (χ2n) is 5.13. The van der Waals surface area contributed by atoms with Gasteiger partial charge in [-0.1, -0.05) is 20.8 Å². The van der Waals surface area contributed by atoms with Crippen LogP contribution in [0, 0.1) is 11.8 Å². The Morgan fingerprint density at radius 2 is 1.84 bits per heavy atom. The van der Waals surface area contributed by atoms with E-state index >= 15 is 0 Å². The van der Waals surface area contributed by atoms with Crippen molar-refractivity contribution in [2.24, 2.45) is 17.6 Å². The molecule has 7 nitrogen and oxygen atoms in total. The minimum absolute atomic E-state index is 0.0136. The zero-order chi connectivity index (χ0) is 15.0. The van der Waals surface area contributed by atoms with Gasteiger partial charge in [0, 0.05) is 19.5 Å². The number of nitrogens with zero attached hydrogens (tertiary/aromatic N) is 1. The highest BCUT2D eigenvalue weighted by molar-refractivity contribution is 5.82. The Kier molecular flexibility index (Phi) is 7.55. The molecule has 0 aliphatic heterocycles. The van der Waals surface area contributed by atoms with Gasteiger partial charge in [0.25, 0.3) is 0 Å². The maximum atomic E-state index is 11.9. The van der Waals surface area contributed by atoms with Crippen LogP contribution in [0.4, 0.5) is 4.79 Å². The fourth-order valence-electron chi connectivity index (χ4n) is 1.59.